The maximum absolute atomic E-state index is 10.8. The fourth-order valence-corrected chi connectivity index (χ4v) is 1.09. The van der Waals surface area contributed by atoms with E-state index in [4.69, 9.17) is 0 Å². The van der Waals surface area contributed by atoms with Crippen LogP contribution in [-0.2, 0) is 9.53 Å². The molecule has 0 bridgehead atoms. The minimum Gasteiger partial charge on any atom is -0.469 e. The molecule has 0 aliphatic carbocycles. The van der Waals surface area contributed by atoms with E-state index in [1.165, 1.54) is 7.11 Å². The predicted molar refractivity (Wildman–Crippen MR) is 80.8 cm³/mol. The normalized spacial score (nSPS) is 10.1. The average Bonchev–Trinajstić information content (AvgIpc) is 2.32. The Morgan fingerprint density at radius 3 is 2.65 bits per heavy atom. The summed E-state index contributed by atoms with van der Waals surface area (Å²) in [6.45, 7) is 5.08. The second-order valence-electron chi connectivity index (χ2n) is 3.20. The molecule has 5 nitrogen and oxygen atoms in total. The Hall–Kier alpha value is -0.790. The van der Waals surface area contributed by atoms with Crippen molar-refractivity contribution in [3.8, 4) is 0 Å². The van der Waals surface area contributed by atoms with Gasteiger partial charge in [0, 0.05) is 26.6 Å². The summed E-state index contributed by atoms with van der Waals surface area (Å²) in [6, 6.07) is 0. The molecule has 0 heterocycles. The van der Waals surface area contributed by atoms with E-state index in [0.717, 1.165) is 25.3 Å². The quantitative estimate of drug-likeness (QED) is 0.181. The molecule has 0 atom stereocenters. The van der Waals surface area contributed by atoms with Gasteiger partial charge in [-0.2, -0.15) is 0 Å². The highest BCUT2D eigenvalue weighted by Gasteiger charge is 1.99. The fraction of sp³-hybridized carbons (Fsp3) is 0.636. The van der Waals surface area contributed by atoms with E-state index < -0.39 is 0 Å². The second-order valence-corrected chi connectivity index (χ2v) is 3.20. The number of aliphatic imine (C=N–C) groups is 1. The first-order valence-electron chi connectivity index (χ1n) is 5.36. The van der Waals surface area contributed by atoms with Gasteiger partial charge in [-0.25, -0.2) is 0 Å². The van der Waals surface area contributed by atoms with Gasteiger partial charge in [0.15, 0.2) is 5.96 Å². The molecule has 0 saturated heterocycles. The molecule has 0 aromatic heterocycles. The van der Waals surface area contributed by atoms with E-state index in [2.05, 4.69) is 26.9 Å². The summed E-state index contributed by atoms with van der Waals surface area (Å²) in [6.07, 6.45) is 3.96. The van der Waals surface area contributed by atoms with Gasteiger partial charge in [-0.1, -0.05) is 6.08 Å². The Bertz CT molecular complexity index is 245. The van der Waals surface area contributed by atoms with Crippen LogP contribution in [0, 0.1) is 0 Å². The van der Waals surface area contributed by atoms with Crippen LogP contribution in [-0.4, -0.2) is 39.2 Å². The number of esters is 1. The molecule has 17 heavy (non-hydrogen) atoms. The third-order valence-electron chi connectivity index (χ3n) is 1.97. The first kappa shape index (κ1) is 18.6. The van der Waals surface area contributed by atoms with E-state index >= 15 is 0 Å². The first-order chi connectivity index (χ1) is 7.74. The van der Waals surface area contributed by atoms with Crippen LogP contribution in [0.4, 0.5) is 0 Å². The highest BCUT2D eigenvalue weighted by molar-refractivity contribution is 14.0. The predicted octanol–water partition coefficient (Wildman–Crippen LogP) is 1.30. The maximum atomic E-state index is 10.8. The molecule has 6 heteroatoms. The van der Waals surface area contributed by atoms with Gasteiger partial charge < -0.3 is 15.4 Å². The number of nitrogens with zero attached hydrogens (tertiary/aromatic N) is 1. The molecule has 0 radical (unpaired) electrons. The summed E-state index contributed by atoms with van der Waals surface area (Å²) >= 11 is 0. The number of hydrogen-bond acceptors (Lipinski definition) is 3. The number of methoxy groups -OCH3 is 1. The van der Waals surface area contributed by atoms with Gasteiger partial charge in [0.2, 0.25) is 0 Å². The van der Waals surface area contributed by atoms with Crippen molar-refractivity contribution in [2.24, 2.45) is 4.99 Å². The lowest BCUT2D eigenvalue weighted by molar-refractivity contribution is -0.140. The summed E-state index contributed by atoms with van der Waals surface area (Å²) < 4.78 is 4.55. The lowest BCUT2D eigenvalue weighted by Crippen LogP contribution is -2.37. The maximum Gasteiger partial charge on any atom is 0.305 e. The molecule has 100 valence electrons. The van der Waals surface area contributed by atoms with Gasteiger partial charge in [0.05, 0.1) is 7.11 Å². The van der Waals surface area contributed by atoms with Crippen LogP contribution >= 0.6 is 24.0 Å². The summed E-state index contributed by atoms with van der Waals surface area (Å²) in [5.74, 6) is 0.590. The Morgan fingerprint density at radius 2 is 2.12 bits per heavy atom. The van der Waals surface area contributed by atoms with E-state index in [1.54, 1.807) is 13.1 Å². The third-order valence-corrected chi connectivity index (χ3v) is 1.97. The summed E-state index contributed by atoms with van der Waals surface area (Å²) in [5, 5.41) is 6.19. The minimum absolute atomic E-state index is 0. The van der Waals surface area contributed by atoms with Crippen molar-refractivity contribution in [1.29, 1.82) is 0 Å². The molecule has 0 amide bonds. The van der Waals surface area contributed by atoms with E-state index in [-0.39, 0.29) is 29.9 Å². The van der Waals surface area contributed by atoms with Gasteiger partial charge in [0.25, 0.3) is 0 Å². The zero-order chi connectivity index (χ0) is 12.2. The fourth-order valence-electron chi connectivity index (χ4n) is 1.09. The van der Waals surface area contributed by atoms with Crippen molar-refractivity contribution < 1.29 is 9.53 Å². The molecular weight excluding hydrogens is 333 g/mol. The number of nitrogens with one attached hydrogen (secondary N) is 2. The van der Waals surface area contributed by atoms with Crippen LogP contribution in [0.1, 0.15) is 19.3 Å². The van der Waals surface area contributed by atoms with Crippen LogP contribution in [0.2, 0.25) is 0 Å². The van der Waals surface area contributed by atoms with Crippen LogP contribution in [0.3, 0.4) is 0 Å². The number of carbonyl (C=O) groups excluding carboxylic acids is 1. The zero-order valence-corrected chi connectivity index (χ0v) is 12.8. The van der Waals surface area contributed by atoms with Crippen molar-refractivity contribution in [2.75, 3.05) is 27.2 Å². The Morgan fingerprint density at radius 1 is 1.41 bits per heavy atom. The average molecular weight is 355 g/mol. The topological polar surface area (TPSA) is 62.7 Å². The molecule has 0 aromatic rings. The van der Waals surface area contributed by atoms with Gasteiger partial charge in [-0.15, -0.1) is 30.6 Å². The molecule has 0 aromatic carbocycles. The highest BCUT2D eigenvalue weighted by atomic mass is 127. The van der Waals surface area contributed by atoms with E-state index in [1.807, 2.05) is 0 Å². The number of carbonyl (C=O) groups is 1. The van der Waals surface area contributed by atoms with Crippen LogP contribution in [0.5, 0.6) is 0 Å². The zero-order valence-electron chi connectivity index (χ0n) is 10.5. The second kappa shape index (κ2) is 13.3. The first-order valence-corrected chi connectivity index (χ1v) is 5.36. The Balaban J connectivity index is 0. The summed E-state index contributed by atoms with van der Waals surface area (Å²) in [5.41, 5.74) is 0. The standard InChI is InChI=1S/C11H21N3O2.HI/c1-4-8-13-11(12-2)14-9-6-5-7-10(15)16-3;/h4H,1,5-9H2,2-3H3,(H2,12,13,14);1H. The third kappa shape index (κ3) is 11.5. The molecule has 0 unspecified atom stereocenters. The lowest BCUT2D eigenvalue weighted by atomic mass is 10.2. The van der Waals surface area contributed by atoms with Crippen LogP contribution in [0.15, 0.2) is 17.6 Å². The minimum atomic E-state index is -0.158. The van der Waals surface area contributed by atoms with Crippen molar-refractivity contribution in [3.05, 3.63) is 12.7 Å². The van der Waals surface area contributed by atoms with Gasteiger partial charge in [-0.05, 0) is 12.8 Å². The highest BCUT2D eigenvalue weighted by Crippen LogP contribution is 1.95. The summed E-state index contributed by atoms with van der Waals surface area (Å²) in [7, 11) is 3.12. The van der Waals surface area contributed by atoms with Gasteiger partial charge in [-0.3, -0.25) is 9.79 Å². The van der Waals surface area contributed by atoms with Crippen LogP contribution in [0.25, 0.3) is 0 Å². The van der Waals surface area contributed by atoms with Crippen LogP contribution < -0.4 is 10.6 Å². The molecule has 0 spiro atoms. The number of halogens is 1. The molecule has 0 fully saturated rings. The number of rotatable bonds is 7. The van der Waals surface area contributed by atoms with Crippen molar-refractivity contribution in [3.63, 3.8) is 0 Å². The van der Waals surface area contributed by atoms with E-state index in [9.17, 15) is 4.79 Å². The Labute approximate surface area is 120 Å². The number of hydrogen-bond donors (Lipinski definition) is 2. The van der Waals surface area contributed by atoms with E-state index in [0.29, 0.717) is 13.0 Å². The number of unbranched alkanes of at least 4 members (excludes halogenated alkanes) is 1. The smallest absolute Gasteiger partial charge is 0.305 e. The molecule has 2 N–H and O–H groups in total. The number of ether oxygens (including phenoxy) is 1. The molecule has 0 aliphatic heterocycles. The SMILES string of the molecule is C=CCNC(=NC)NCCCCC(=O)OC.I. The molecule has 0 saturated carbocycles. The lowest BCUT2D eigenvalue weighted by Gasteiger charge is -2.09. The monoisotopic (exact) mass is 355 g/mol. The molecule has 0 aliphatic rings. The molecular formula is C11H22IN3O2. The van der Waals surface area contributed by atoms with Crippen molar-refractivity contribution in [2.45, 2.75) is 19.3 Å². The van der Waals surface area contributed by atoms with Crippen molar-refractivity contribution in [1.82, 2.24) is 10.6 Å². The van der Waals surface area contributed by atoms with Gasteiger partial charge >= 0.3 is 5.97 Å². The number of guanidine groups is 1. The Kier molecular flexibility index (Phi) is 14.5. The van der Waals surface area contributed by atoms with Gasteiger partial charge in [0.1, 0.15) is 0 Å². The molecule has 0 rings (SSSR count). The largest absolute Gasteiger partial charge is 0.469 e. The summed E-state index contributed by atoms with van der Waals surface area (Å²) in [4.78, 5) is 14.8. The van der Waals surface area contributed by atoms with Crippen molar-refractivity contribution >= 4 is 35.9 Å².